The molecule has 0 aliphatic rings. The predicted octanol–water partition coefficient (Wildman–Crippen LogP) is 3.01. The maximum Gasteiger partial charge on any atom is 0.339 e. The van der Waals surface area contributed by atoms with E-state index in [1.807, 2.05) is 31.3 Å². The number of carbonyl (C=O) groups is 1. The highest BCUT2D eigenvalue weighted by Gasteiger charge is 2.09. The largest absolute Gasteiger partial charge is 0.488 e. The second-order valence-corrected chi connectivity index (χ2v) is 4.04. The summed E-state index contributed by atoms with van der Waals surface area (Å²) in [5.41, 5.74) is 2.18. The topological polar surface area (TPSA) is 58.6 Å². The minimum absolute atomic E-state index is 0.175. The van der Waals surface area contributed by atoms with Crippen molar-refractivity contribution in [3.8, 4) is 5.75 Å². The molecule has 2 rings (SSSR count). The van der Waals surface area contributed by atoms with E-state index in [-0.39, 0.29) is 5.56 Å². The Balaban J connectivity index is 2.07. The van der Waals surface area contributed by atoms with Gasteiger partial charge in [0.15, 0.2) is 0 Å². The van der Waals surface area contributed by atoms with E-state index in [0.29, 0.717) is 12.4 Å². The molecule has 0 fully saturated rings. The van der Waals surface area contributed by atoms with Gasteiger partial charge in [0.25, 0.3) is 0 Å². The molecule has 0 bridgehead atoms. The number of rotatable bonds is 5. The Morgan fingerprint density at radius 1 is 1.16 bits per heavy atom. The molecule has 98 valence electrons. The van der Waals surface area contributed by atoms with Crippen molar-refractivity contribution in [2.24, 2.45) is 0 Å². The van der Waals surface area contributed by atoms with Gasteiger partial charge in [0.05, 0.1) is 0 Å². The normalized spacial score (nSPS) is 9.95. The van der Waals surface area contributed by atoms with Crippen LogP contribution in [0.15, 0.2) is 48.5 Å². The molecule has 2 N–H and O–H groups in total. The maximum atomic E-state index is 11.0. The zero-order chi connectivity index (χ0) is 13.7. The van der Waals surface area contributed by atoms with Crippen LogP contribution in [0.5, 0.6) is 5.75 Å². The monoisotopic (exact) mass is 257 g/mol. The summed E-state index contributed by atoms with van der Waals surface area (Å²) in [7, 11) is 1.86. The average molecular weight is 257 g/mol. The van der Waals surface area contributed by atoms with Crippen LogP contribution >= 0.6 is 0 Å². The molecule has 4 nitrogen and oxygen atoms in total. The van der Waals surface area contributed by atoms with Gasteiger partial charge >= 0.3 is 5.97 Å². The number of hydrogen-bond donors (Lipinski definition) is 2. The number of hydrogen-bond acceptors (Lipinski definition) is 3. The highest BCUT2D eigenvalue weighted by molar-refractivity contribution is 5.90. The molecule has 0 saturated carbocycles. The zero-order valence-corrected chi connectivity index (χ0v) is 10.6. The van der Waals surface area contributed by atoms with Crippen molar-refractivity contribution in [1.29, 1.82) is 0 Å². The summed E-state index contributed by atoms with van der Waals surface area (Å²) in [6.07, 6.45) is 0. The number of carboxylic acid groups (broad SMARTS) is 1. The third-order valence-corrected chi connectivity index (χ3v) is 2.75. The lowest BCUT2D eigenvalue weighted by Gasteiger charge is -2.09. The number of carboxylic acids is 1. The van der Waals surface area contributed by atoms with Gasteiger partial charge in [-0.3, -0.25) is 0 Å². The van der Waals surface area contributed by atoms with Crippen LogP contribution in [-0.2, 0) is 6.61 Å². The summed E-state index contributed by atoms with van der Waals surface area (Å²) in [5, 5.41) is 12.1. The zero-order valence-electron chi connectivity index (χ0n) is 10.6. The molecule has 0 aliphatic heterocycles. The number of benzene rings is 2. The Morgan fingerprint density at radius 3 is 2.47 bits per heavy atom. The summed E-state index contributed by atoms with van der Waals surface area (Å²) in [4.78, 5) is 11.0. The first kappa shape index (κ1) is 13.0. The minimum atomic E-state index is -0.985. The van der Waals surface area contributed by atoms with E-state index in [2.05, 4.69) is 5.32 Å². The minimum Gasteiger partial charge on any atom is -0.488 e. The molecule has 0 radical (unpaired) electrons. The van der Waals surface area contributed by atoms with Crippen LogP contribution in [0.25, 0.3) is 0 Å². The molecule has 0 atom stereocenters. The van der Waals surface area contributed by atoms with Crippen LogP contribution in [0, 0.1) is 0 Å². The Kier molecular flexibility index (Phi) is 4.03. The maximum absolute atomic E-state index is 11.0. The van der Waals surface area contributed by atoms with E-state index < -0.39 is 5.97 Å². The SMILES string of the molecule is CNc1ccc(COc2ccccc2C(=O)O)cc1. The Hall–Kier alpha value is -2.49. The van der Waals surface area contributed by atoms with Crippen LogP contribution in [0.1, 0.15) is 15.9 Å². The first-order chi connectivity index (χ1) is 9.20. The smallest absolute Gasteiger partial charge is 0.339 e. The lowest BCUT2D eigenvalue weighted by molar-refractivity contribution is 0.0692. The third kappa shape index (κ3) is 3.25. The molecular formula is C15H15NO3. The molecule has 2 aromatic carbocycles. The number of ether oxygens (including phenoxy) is 1. The van der Waals surface area contributed by atoms with Crippen LogP contribution in [-0.4, -0.2) is 18.1 Å². The van der Waals surface area contributed by atoms with E-state index in [1.165, 1.54) is 6.07 Å². The summed E-state index contributed by atoms with van der Waals surface area (Å²) in [6, 6.07) is 14.4. The molecule has 0 saturated heterocycles. The van der Waals surface area contributed by atoms with Crippen molar-refractivity contribution in [1.82, 2.24) is 0 Å². The standard InChI is InChI=1S/C15H15NO3/c1-16-12-8-6-11(7-9-12)10-19-14-5-3-2-4-13(14)15(17)18/h2-9,16H,10H2,1H3,(H,17,18). The number of aromatic carboxylic acids is 1. The highest BCUT2D eigenvalue weighted by Crippen LogP contribution is 2.19. The molecule has 0 unspecified atom stereocenters. The highest BCUT2D eigenvalue weighted by atomic mass is 16.5. The van der Waals surface area contributed by atoms with Crippen LogP contribution in [0.3, 0.4) is 0 Å². The summed E-state index contributed by atoms with van der Waals surface area (Å²) >= 11 is 0. The van der Waals surface area contributed by atoms with Crippen LogP contribution in [0.2, 0.25) is 0 Å². The van der Waals surface area contributed by atoms with Gasteiger partial charge in [0.2, 0.25) is 0 Å². The first-order valence-corrected chi connectivity index (χ1v) is 5.92. The molecule has 0 amide bonds. The van der Waals surface area contributed by atoms with Gasteiger partial charge in [-0.15, -0.1) is 0 Å². The van der Waals surface area contributed by atoms with E-state index >= 15 is 0 Å². The van der Waals surface area contributed by atoms with Crippen molar-refractivity contribution in [2.75, 3.05) is 12.4 Å². The summed E-state index contributed by atoms with van der Waals surface area (Å²) < 4.78 is 5.56. The van der Waals surface area contributed by atoms with Gasteiger partial charge in [0.1, 0.15) is 17.9 Å². The van der Waals surface area contributed by atoms with Crippen molar-refractivity contribution in [2.45, 2.75) is 6.61 Å². The van der Waals surface area contributed by atoms with E-state index in [9.17, 15) is 4.79 Å². The Bertz CT molecular complexity index is 564. The molecule has 19 heavy (non-hydrogen) atoms. The van der Waals surface area contributed by atoms with Gasteiger partial charge in [-0.05, 0) is 29.8 Å². The quantitative estimate of drug-likeness (QED) is 0.864. The lowest BCUT2D eigenvalue weighted by atomic mass is 10.2. The van der Waals surface area contributed by atoms with Crippen molar-refractivity contribution in [3.05, 3.63) is 59.7 Å². The molecular weight excluding hydrogens is 242 g/mol. The third-order valence-electron chi connectivity index (χ3n) is 2.75. The number of para-hydroxylation sites is 1. The fraction of sp³-hybridized carbons (Fsp3) is 0.133. The summed E-state index contributed by atoms with van der Waals surface area (Å²) in [6.45, 7) is 0.342. The molecule has 0 heterocycles. The second-order valence-electron chi connectivity index (χ2n) is 4.04. The van der Waals surface area contributed by atoms with Gasteiger partial charge in [-0.25, -0.2) is 4.79 Å². The van der Waals surface area contributed by atoms with E-state index in [0.717, 1.165) is 11.3 Å². The van der Waals surface area contributed by atoms with Crippen molar-refractivity contribution >= 4 is 11.7 Å². The van der Waals surface area contributed by atoms with Gasteiger partial charge in [-0.2, -0.15) is 0 Å². The Labute approximate surface area is 111 Å². The Morgan fingerprint density at radius 2 is 1.84 bits per heavy atom. The fourth-order valence-electron chi connectivity index (χ4n) is 1.70. The van der Waals surface area contributed by atoms with Crippen LogP contribution in [0.4, 0.5) is 5.69 Å². The number of anilines is 1. The second kappa shape index (κ2) is 5.91. The average Bonchev–Trinajstić information content (AvgIpc) is 2.46. The van der Waals surface area contributed by atoms with Gasteiger partial charge in [-0.1, -0.05) is 24.3 Å². The van der Waals surface area contributed by atoms with Gasteiger partial charge in [0, 0.05) is 12.7 Å². The first-order valence-electron chi connectivity index (χ1n) is 5.92. The molecule has 2 aromatic rings. The van der Waals surface area contributed by atoms with Crippen LogP contribution < -0.4 is 10.1 Å². The fourth-order valence-corrected chi connectivity index (χ4v) is 1.70. The van der Waals surface area contributed by atoms with E-state index in [1.54, 1.807) is 18.2 Å². The van der Waals surface area contributed by atoms with Crippen molar-refractivity contribution < 1.29 is 14.6 Å². The summed E-state index contributed by atoms with van der Waals surface area (Å²) in [5.74, 6) is -0.603. The number of nitrogens with one attached hydrogen (secondary N) is 1. The molecule has 0 aliphatic carbocycles. The van der Waals surface area contributed by atoms with Crippen molar-refractivity contribution in [3.63, 3.8) is 0 Å². The predicted molar refractivity (Wildman–Crippen MR) is 73.7 cm³/mol. The molecule has 4 heteroatoms. The molecule has 0 aromatic heterocycles. The van der Waals surface area contributed by atoms with E-state index in [4.69, 9.17) is 9.84 Å². The lowest BCUT2D eigenvalue weighted by Crippen LogP contribution is -2.03. The molecule has 0 spiro atoms. The van der Waals surface area contributed by atoms with Gasteiger partial charge < -0.3 is 15.2 Å².